The van der Waals surface area contributed by atoms with Gasteiger partial charge < -0.3 is 9.88 Å². The quantitative estimate of drug-likeness (QED) is 0.927. The van der Waals surface area contributed by atoms with Crippen molar-refractivity contribution in [1.29, 1.82) is 0 Å². The van der Waals surface area contributed by atoms with E-state index in [4.69, 9.17) is 0 Å². The first-order valence-corrected chi connectivity index (χ1v) is 7.13. The fraction of sp³-hybridized carbons (Fsp3) is 0.375. The minimum absolute atomic E-state index is 0.0555. The number of rotatable bonds is 4. The van der Waals surface area contributed by atoms with E-state index in [1.165, 1.54) is 6.42 Å². The monoisotopic (exact) mass is 269 g/mol. The van der Waals surface area contributed by atoms with Crippen LogP contribution in [0.25, 0.3) is 5.69 Å². The molecule has 1 aromatic heterocycles. The molecule has 0 spiro atoms. The molecule has 20 heavy (non-hydrogen) atoms. The summed E-state index contributed by atoms with van der Waals surface area (Å²) in [6.07, 6.45) is 8.71. The predicted molar refractivity (Wildman–Crippen MR) is 77.5 cm³/mol. The summed E-state index contributed by atoms with van der Waals surface area (Å²) in [6.45, 7) is 2.03. The normalized spacial score (nSPS) is 16.4. The van der Waals surface area contributed by atoms with E-state index in [-0.39, 0.29) is 17.9 Å². The molecule has 1 atom stereocenters. The Kier molecular flexibility index (Phi) is 3.54. The molecule has 1 saturated carbocycles. The minimum atomic E-state index is 0.0555. The summed E-state index contributed by atoms with van der Waals surface area (Å²) in [5.74, 6) is 0.435. The van der Waals surface area contributed by atoms with Crippen molar-refractivity contribution in [3.05, 3.63) is 48.5 Å². The fourth-order valence-corrected chi connectivity index (χ4v) is 2.43. The van der Waals surface area contributed by atoms with E-state index in [0.717, 1.165) is 24.1 Å². The molecule has 1 heterocycles. The maximum absolute atomic E-state index is 11.9. The number of carbonyl (C=O) groups excluding carboxylic acids is 1. The average molecular weight is 269 g/mol. The van der Waals surface area contributed by atoms with Gasteiger partial charge in [0.15, 0.2) is 0 Å². The zero-order valence-corrected chi connectivity index (χ0v) is 11.6. The average Bonchev–Trinajstić information content (AvgIpc) is 2.90. The van der Waals surface area contributed by atoms with Crippen LogP contribution >= 0.6 is 0 Å². The van der Waals surface area contributed by atoms with E-state index in [0.29, 0.717) is 0 Å². The highest BCUT2D eigenvalue weighted by molar-refractivity contribution is 5.79. The molecule has 2 aromatic rings. The van der Waals surface area contributed by atoms with Crippen molar-refractivity contribution in [1.82, 2.24) is 14.9 Å². The molecule has 1 unspecified atom stereocenters. The van der Waals surface area contributed by atoms with Crippen LogP contribution in [0.15, 0.2) is 43.0 Å². The predicted octanol–water partition coefficient (Wildman–Crippen LogP) is 2.85. The third kappa shape index (κ3) is 2.59. The van der Waals surface area contributed by atoms with E-state index in [9.17, 15) is 4.79 Å². The van der Waals surface area contributed by atoms with E-state index in [1.807, 2.05) is 29.8 Å². The molecule has 104 valence electrons. The number of nitrogens with one attached hydrogen (secondary N) is 1. The zero-order valence-electron chi connectivity index (χ0n) is 11.6. The third-order valence-electron chi connectivity index (χ3n) is 4.03. The van der Waals surface area contributed by atoms with Crippen molar-refractivity contribution in [2.24, 2.45) is 5.92 Å². The summed E-state index contributed by atoms with van der Waals surface area (Å²) in [5, 5.41) is 3.09. The van der Waals surface area contributed by atoms with Gasteiger partial charge in [0, 0.05) is 24.0 Å². The first kappa shape index (κ1) is 12.9. The van der Waals surface area contributed by atoms with Crippen molar-refractivity contribution in [3.8, 4) is 5.69 Å². The number of amides is 1. The minimum Gasteiger partial charge on any atom is -0.349 e. The van der Waals surface area contributed by atoms with E-state index in [1.54, 1.807) is 12.5 Å². The van der Waals surface area contributed by atoms with Crippen LogP contribution in [0, 0.1) is 5.92 Å². The standard InChI is InChI=1S/C16H19N3O/c1-12(18-16(20)14-3-2-4-14)13-5-7-15(8-6-13)19-10-9-17-11-19/h5-12,14H,2-4H2,1H3,(H,18,20). The van der Waals surface area contributed by atoms with Crippen LogP contribution in [-0.4, -0.2) is 15.5 Å². The van der Waals surface area contributed by atoms with Gasteiger partial charge in [-0.05, 0) is 37.5 Å². The molecule has 4 heteroatoms. The zero-order chi connectivity index (χ0) is 13.9. The Morgan fingerprint density at radius 1 is 1.35 bits per heavy atom. The van der Waals surface area contributed by atoms with Gasteiger partial charge >= 0.3 is 0 Å². The molecule has 0 bridgehead atoms. The number of nitrogens with zero attached hydrogens (tertiary/aromatic N) is 2. The van der Waals surface area contributed by atoms with Crippen LogP contribution in [0.1, 0.15) is 37.8 Å². The second-order valence-electron chi connectivity index (χ2n) is 5.42. The fourth-order valence-electron chi connectivity index (χ4n) is 2.43. The summed E-state index contributed by atoms with van der Waals surface area (Å²) in [4.78, 5) is 16.0. The molecule has 1 aliphatic carbocycles. The number of carbonyl (C=O) groups is 1. The van der Waals surface area contributed by atoms with Crippen LogP contribution in [0.2, 0.25) is 0 Å². The van der Waals surface area contributed by atoms with Gasteiger partial charge in [-0.2, -0.15) is 0 Å². The number of benzene rings is 1. The molecule has 0 saturated heterocycles. The number of hydrogen-bond acceptors (Lipinski definition) is 2. The van der Waals surface area contributed by atoms with Crippen molar-refractivity contribution >= 4 is 5.91 Å². The second kappa shape index (κ2) is 5.49. The van der Waals surface area contributed by atoms with Gasteiger partial charge in [-0.1, -0.05) is 18.6 Å². The summed E-state index contributed by atoms with van der Waals surface area (Å²) < 4.78 is 1.96. The highest BCUT2D eigenvalue weighted by atomic mass is 16.1. The van der Waals surface area contributed by atoms with Crippen LogP contribution < -0.4 is 5.32 Å². The SMILES string of the molecule is CC(NC(=O)C1CCC1)c1ccc(-n2ccnc2)cc1. The Bertz CT molecular complexity index is 570. The Hall–Kier alpha value is -2.10. The van der Waals surface area contributed by atoms with Gasteiger partial charge in [-0.15, -0.1) is 0 Å². The van der Waals surface area contributed by atoms with Crippen LogP contribution in [0.5, 0.6) is 0 Å². The van der Waals surface area contributed by atoms with Crippen molar-refractivity contribution in [3.63, 3.8) is 0 Å². The number of hydrogen-bond donors (Lipinski definition) is 1. The lowest BCUT2D eigenvalue weighted by atomic mass is 9.84. The Balaban J connectivity index is 1.66. The van der Waals surface area contributed by atoms with E-state index in [2.05, 4.69) is 22.4 Å². The van der Waals surface area contributed by atoms with Crippen LogP contribution in [-0.2, 0) is 4.79 Å². The molecule has 1 fully saturated rings. The lowest BCUT2D eigenvalue weighted by Crippen LogP contribution is -2.35. The highest BCUT2D eigenvalue weighted by Crippen LogP contribution is 2.27. The Labute approximate surface area is 118 Å². The summed E-state index contributed by atoms with van der Waals surface area (Å²) in [5.41, 5.74) is 2.20. The second-order valence-corrected chi connectivity index (χ2v) is 5.42. The molecule has 0 aliphatic heterocycles. The number of imidazole rings is 1. The van der Waals surface area contributed by atoms with E-state index < -0.39 is 0 Å². The summed E-state index contributed by atoms with van der Waals surface area (Å²) in [6, 6.07) is 8.26. The Morgan fingerprint density at radius 3 is 2.65 bits per heavy atom. The Morgan fingerprint density at radius 2 is 2.10 bits per heavy atom. The van der Waals surface area contributed by atoms with E-state index >= 15 is 0 Å². The highest BCUT2D eigenvalue weighted by Gasteiger charge is 2.26. The molecular formula is C16H19N3O. The van der Waals surface area contributed by atoms with Gasteiger partial charge in [0.25, 0.3) is 0 Å². The van der Waals surface area contributed by atoms with Gasteiger partial charge in [-0.25, -0.2) is 4.98 Å². The maximum atomic E-state index is 11.9. The first-order valence-electron chi connectivity index (χ1n) is 7.13. The summed E-state index contributed by atoms with van der Waals surface area (Å²) in [7, 11) is 0. The van der Waals surface area contributed by atoms with Gasteiger partial charge in [-0.3, -0.25) is 4.79 Å². The molecule has 1 aromatic carbocycles. The largest absolute Gasteiger partial charge is 0.349 e. The van der Waals surface area contributed by atoms with Gasteiger partial charge in [0.05, 0.1) is 12.4 Å². The van der Waals surface area contributed by atoms with Crippen LogP contribution in [0.4, 0.5) is 0 Å². The first-order chi connectivity index (χ1) is 9.74. The lowest BCUT2D eigenvalue weighted by Gasteiger charge is -2.26. The molecule has 3 rings (SSSR count). The summed E-state index contributed by atoms with van der Waals surface area (Å²) >= 11 is 0. The van der Waals surface area contributed by atoms with Crippen LogP contribution in [0.3, 0.4) is 0 Å². The van der Waals surface area contributed by atoms with Gasteiger partial charge in [0.2, 0.25) is 5.91 Å². The molecule has 1 aliphatic rings. The molecule has 1 N–H and O–H groups in total. The molecule has 1 amide bonds. The third-order valence-corrected chi connectivity index (χ3v) is 4.03. The topological polar surface area (TPSA) is 46.9 Å². The van der Waals surface area contributed by atoms with Crippen molar-refractivity contribution in [2.75, 3.05) is 0 Å². The number of aromatic nitrogens is 2. The molecule has 0 radical (unpaired) electrons. The maximum Gasteiger partial charge on any atom is 0.223 e. The van der Waals surface area contributed by atoms with Crippen molar-refractivity contribution in [2.45, 2.75) is 32.2 Å². The molecular weight excluding hydrogens is 250 g/mol. The smallest absolute Gasteiger partial charge is 0.223 e. The van der Waals surface area contributed by atoms with Gasteiger partial charge in [0.1, 0.15) is 0 Å². The van der Waals surface area contributed by atoms with Crippen molar-refractivity contribution < 1.29 is 4.79 Å². The molecule has 4 nitrogen and oxygen atoms in total. The lowest BCUT2D eigenvalue weighted by molar-refractivity contribution is -0.128.